The van der Waals surface area contributed by atoms with E-state index >= 15 is 0 Å². The van der Waals surface area contributed by atoms with Gasteiger partial charge in [0.15, 0.2) is 17.4 Å². The molecule has 0 aliphatic carbocycles. The third-order valence-corrected chi connectivity index (χ3v) is 10.3. The van der Waals surface area contributed by atoms with E-state index in [0.717, 1.165) is 0 Å². The van der Waals surface area contributed by atoms with Crippen LogP contribution >= 0.6 is 0 Å². The van der Waals surface area contributed by atoms with Gasteiger partial charge in [-0.05, 0) is 80.1 Å². The van der Waals surface area contributed by atoms with Crippen molar-refractivity contribution in [2.45, 2.75) is 134 Å². The fraction of sp³-hybridized carbons (Fsp3) is 1.00. The second-order valence-corrected chi connectivity index (χ2v) is 18.1. The van der Waals surface area contributed by atoms with Crippen molar-refractivity contribution in [3.8, 4) is 0 Å². The molecule has 0 spiro atoms. The fourth-order valence-corrected chi connectivity index (χ4v) is 6.55. The molecule has 3 fully saturated rings. The predicted molar refractivity (Wildman–Crippen MR) is 266 cm³/mol. The molecule has 0 saturated carbocycles. The maximum atomic E-state index is 11.7. The molecule has 3 N–H and O–H groups in total. The van der Waals surface area contributed by atoms with Gasteiger partial charge in [-0.3, -0.25) is 0 Å². The van der Waals surface area contributed by atoms with Gasteiger partial charge in [0.1, 0.15) is 18.3 Å². The van der Waals surface area contributed by atoms with E-state index in [4.69, 9.17) is 72.2 Å². The molecule has 0 amide bonds. The molecule has 72 heavy (non-hydrogen) atoms. The minimum atomic E-state index is -1.09. The monoisotopic (exact) mass is 1020 g/mol. The Morgan fingerprint density at radius 3 is 0.917 bits per heavy atom. The van der Waals surface area contributed by atoms with Crippen LogP contribution in [0.25, 0.3) is 0 Å². The molecule has 0 aromatic carbocycles. The van der Waals surface area contributed by atoms with Gasteiger partial charge in [0.2, 0.25) is 0 Å². The molecule has 3 rings (SSSR count). The Morgan fingerprint density at radius 2 is 0.667 bits per heavy atom. The van der Waals surface area contributed by atoms with Crippen LogP contribution in [0, 0.1) is 17.8 Å². The summed E-state index contributed by atoms with van der Waals surface area (Å²) in [6.07, 6.45) is -0.203. The van der Waals surface area contributed by atoms with Crippen molar-refractivity contribution in [1.82, 2.24) is 0 Å². The topological polar surface area (TPSA) is 310 Å². The standard InChI is InChI=1S/C18H33O9.C15H28O7.C12H23O5.6Be.6H/c1-18(2)26-13-17(27-18)12-25-11-16(22)10-24-9-15(21)8-23-6-4-14(7-20)3-5-19;1-15(2)21-11-14(22-15)10-20-9-13(18)8-19-6-4-12(7-17)3-5-16;1-12(2)16-9-11(17-12)8-15-6-4-10(7-14)3-5-13;;;;;;;;;;;;/h14-17,19H,3-13H2,1-2H3;12-14,16H,3-11H2,1-2H3;10-11,13H,3-9H2,1-2H3;;;;;;;;;;;;/q-3;-2;-1;6*+2;6*-1. The third kappa shape index (κ3) is 44.2. The van der Waals surface area contributed by atoms with Crippen LogP contribution in [0.2, 0.25) is 0 Å². The maximum absolute atomic E-state index is 11.7. The van der Waals surface area contributed by atoms with Crippen LogP contribution in [0.3, 0.4) is 0 Å². The van der Waals surface area contributed by atoms with E-state index in [9.17, 15) is 30.6 Å². The summed E-state index contributed by atoms with van der Waals surface area (Å²) in [5.74, 6) is -1.92. The summed E-state index contributed by atoms with van der Waals surface area (Å²) in [5, 5.41) is 93.7. The largest absolute Gasteiger partial charge is 2.00 e. The van der Waals surface area contributed by atoms with Crippen molar-refractivity contribution < 1.29 is 111 Å². The maximum Gasteiger partial charge on any atom is 2.00 e. The molecule has 27 heteroatoms. The Labute approximate surface area is 461 Å². The Kier molecular flexibility index (Phi) is 57.4. The molecule has 3 heterocycles. The van der Waals surface area contributed by atoms with Crippen LogP contribution in [0.1, 0.15) is 88.6 Å². The van der Waals surface area contributed by atoms with Gasteiger partial charge in [-0.15, -0.1) is 19.8 Å². The van der Waals surface area contributed by atoms with Gasteiger partial charge in [0, 0.05) is 79.3 Å². The van der Waals surface area contributed by atoms with Crippen LogP contribution in [-0.2, 0) is 56.8 Å². The molecule has 408 valence electrons. The van der Waals surface area contributed by atoms with E-state index in [1.165, 1.54) is 0 Å². The Hall–Kier alpha value is 0.173. The number of hydrogen-bond acceptors (Lipinski definition) is 21. The van der Waals surface area contributed by atoms with Crippen LogP contribution in [0.5, 0.6) is 0 Å². The van der Waals surface area contributed by atoms with Crippen molar-refractivity contribution in [3.63, 3.8) is 0 Å². The zero-order valence-corrected chi connectivity index (χ0v) is 44.7. The first kappa shape index (κ1) is 83.5. The van der Waals surface area contributed by atoms with Crippen molar-refractivity contribution in [2.24, 2.45) is 17.8 Å². The fourth-order valence-electron chi connectivity index (χ4n) is 6.55. The molecule has 3 saturated heterocycles. The van der Waals surface area contributed by atoms with Crippen LogP contribution in [0.15, 0.2) is 0 Å². The average molecular weight is 1020 g/mol. The Morgan fingerprint density at radius 1 is 0.417 bits per heavy atom. The minimum absolute atomic E-state index is 0. The van der Waals surface area contributed by atoms with Crippen molar-refractivity contribution in [2.75, 3.05) is 139 Å². The summed E-state index contributed by atoms with van der Waals surface area (Å²) in [6.45, 7) is 14.0. The summed E-state index contributed by atoms with van der Waals surface area (Å²) in [4.78, 5) is 0. The SMILES string of the molecule is CC1(C)OCC(COCC([O-])COCC([O-])COCCC(C[O-])CCO)O1.CC1(C)OCC(COCC([O-])COCCC(C[O-])CCO)O1.CC1(C)OCC(COCCC(C[O-])CCO)O1.[Be+2].[Be+2].[Be+2].[Be+2].[Be+2].[Be+2].[H-].[H-].[H-].[H-].[H-].[H-]. The smallest absolute Gasteiger partial charge is 1.00 e. The van der Waals surface area contributed by atoms with Crippen LogP contribution in [0.4, 0.5) is 0 Å². The molecule has 0 aromatic rings. The summed E-state index contributed by atoms with van der Waals surface area (Å²) >= 11 is 0. The van der Waals surface area contributed by atoms with E-state index in [1.807, 2.05) is 41.5 Å². The first-order valence-electron chi connectivity index (χ1n) is 23.4. The van der Waals surface area contributed by atoms with Gasteiger partial charge in [-0.1, -0.05) is 36.1 Å². The molecular formula is C45H90Be6O21. The van der Waals surface area contributed by atoms with Crippen LogP contribution < -0.4 is 30.6 Å². The first-order valence-corrected chi connectivity index (χ1v) is 23.4. The summed E-state index contributed by atoms with van der Waals surface area (Å²) in [5.41, 5.74) is 0. The van der Waals surface area contributed by atoms with Crippen LogP contribution in [-0.4, -0.2) is 269 Å². The summed E-state index contributed by atoms with van der Waals surface area (Å²) < 4.78 is 64.6. The molecule has 9 atom stereocenters. The third-order valence-electron chi connectivity index (χ3n) is 10.3. The number of hydrogen-bond donors (Lipinski definition) is 3. The van der Waals surface area contributed by atoms with Gasteiger partial charge >= 0.3 is 60.7 Å². The average Bonchev–Trinajstić information content (AvgIpc) is 3.94. The van der Waals surface area contributed by atoms with Crippen molar-refractivity contribution in [3.05, 3.63) is 0 Å². The van der Waals surface area contributed by atoms with E-state index in [0.29, 0.717) is 91.4 Å². The van der Waals surface area contributed by atoms with Gasteiger partial charge in [-0.25, -0.2) is 0 Å². The molecule has 21 nitrogen and oxygen atoms in total. The van der Waals surface area contributed by atoms with Crippen molar-refractivity contribution in [1.29, 1.82) is 0 Å². The van der Waals surface area contributed by atoms with E-state index < -0.39 is 35.7 Å². The van der Waals surface area contributed by atoms with Gasteiger partial charge in [0.05, 0.1) is 39.6 Å². The van der Waals surface area contributed by atoms with Gasteiger partial charge in [0.25, 0.3) is 0 Å². The van der Waals surface area contributed by atoms with Gasteiger partial charge in [-0.2, -0.15) is 0 Å². The van der Waals surface area contributed by atoms with E-state index in [-0.39, 0.29) is 191 Å². The molecule has 0 radical (unpaired) electrons. The normalized spacial score (nSPS) is 21.6. The predicted octanol–water partition coefficient (Wildman–Crippen LogP) is -5.66. The second-order valence-electron chi connectivity index (χ2n) is 18.1. The quantitative estimate of drug-likeness (QED) is 0.0389. The number of aliphatic hydroxyl groups is 3. The first-order chi connectivity index (χ1) is 31.4. The molecule has 0 bridgehead atoms. The number of aliphatic hydroxyl groups excluding tert-OH is 3. The summed E-state index contributed by atoms with van der Waals surface area (Å²) in [7, 11) is 0. The molecule has 3 aliphatic heterocycles. The van der Waals surface area contributed by atoms with Gasteiger partial charge < -0.3 is 111 Å². The molecular weight excluding hydrogens is 931 g/mol. The molecule has 3 aliphatic rings. The number of rotatable bonds is 36. The zero-order chi connectivity index (χ0) is 49.3. The number of ether oxygens (including phenoxy) is 12. The van der Waals surface area contributed by atoms with Crippen molar-refractivity contribution >= 4 is 60.7 Å². The second kappa shape index (κ2) is 49.5. The Balaban J connectivity index is -0.0000000793. The Bertz CT molecular complexity index is 1180. The molecule has 0 aromatic heterocycles. The van der Waals surface area contributed by atoms with E-state index in [1.54, 1.807) is 0 Å². The molecule has 9 unspecified atom stereocenters. The zero-order valence-electron chi connectivity index (χ0n) is 50.7. The van der Waals surface area contributed by atoms with E-state index in [2.05, 4.69) is 0 Å². The minimum Gasteiger partial charge on any atom is -1.00 e. The summed E-state index contributed by atoms with van der Waals surface area (Å²) in [6, 6.07) is 0.